The van der Waals surface area contributed by atoms with Gasteiger partial charge in [0.05, 0.1) is 18.0 Å². The lowest BCUT2D eigenvalue weighted by molar-refractivity contribution is 0.508. The van der Waals surface area contributed by atoms with Crippen LogP contribution >= 0.6 is 0 Å². The van der Waals surface area contributed by atoms with Gasteiger partial charge in [-0.3, -0.25) is 4.68 Å². The van der Waals surface area contributed by atoms with Gasteiger partial charge in [-0.15, -0.1) is 0 Å². The van der Waals surface area contributed by atoms with Crippen LogP contribution in [-0.4, -0.2) is 43.3 Å². The Labute approximate surface area is 129 Å². The zero-order valence-electron chi connectivity index (χ0n) is 13.9. The summed E-state index contributed by atoms with van der Waals surface area (Å²) in [6.45, 7) is 10.9. The lowest BCUT2D eigenvalue weighted by atomic mass is 9.99. The van der Waals surface area contributed by atoms with Crippen molar-refractivity contribution in [2.75, 3.05) is 25.1 Å². The van der Waals surface area contributed by atoms with Gasteiger partial charge in [0.15, 0.2) is 0 Å². The minimum absolute atomic E-state index is 0.141. The number of rotatable bonds is 9. The van der Waals surface area contributed by atoms with E-state index in [9.17, 15) is 8.42 Å². The predicted octanol–water partition coefficient (Wildman–Crippen LogP) is 1.72. The van der Waals surface area contributed by atoms with Gasteiger partial charge in [-0.1, -0.05) is 13.8 Å². The van der Waals surface area contributed by atoms with Gasteiger partial charge in [-0.2, -0.15) is 5.10 Å². The average Bonchev–Trinajstić information content (AvgIpc) is 2.63. The highest BCUT2D eigenvalue weighted by atomic mass is 32.2. The first-order chi connectivity index (χ1) is 9.74. The number of aryl methyl sites for hydroxylation is 2. The topological polar surface area (TPSA) is 64.0 Å². The summed E-state index contributed by atoms with van der Waals surface area (Å²) in [5.74, 6) is 0.684. The number of aromatic nitrogens is 2. The fourth-order valence-electron chi connectivity index (χ4n) is 2.45. The van der Waals surface area contributed by atoms with Crippen molar-refractivity contribution in [3.63, 3.8) is 0 Å². The Balaban J connectivity index is 2.69. The largest absolute Gasteiger partial charge is 0.316 e. The molecule has 0 fully saturated rings. The van der Waals surface area contributed by atoms with Crippen molar-refractivity contribution in [3.8, 4) is 0 Å². The molecule has 1 aromatic rings. The van der Waals surface area contributed by atoms with Crippen LogP contribution in [0.3, 0.4) is 0 Å². The minimum Gasteiger partial charge on any atom is -0.316 e. The van der Waals surface area contributed by atoms with E-state index in [4.69, 9.17) is 0 Å². The minimum atomic E-state index is -2.95. The molecule has 0 aliphatic heterocycles. The third kappa shape index (κ3) is 6.18. The van der Waals surface area contributed by atoms with Crippen LogP contribution in [0.4, 0.5) is 0 Å². The Morgan fingerprint density at radius 1 is 1.33 bits per heavy atom. The van der Waals surface area contributed by atoms with E-state index in [1.165, 1.54) is 11.8 Å². The van der Waals surface area contributed by atoms with Crippen molar-refractivity contribution in [2.24, 2.45) is 5.92 Å². The molecular formula is C15H29N3O2S. The molecule has 0 radical (unpaired) electrons. The summed E-state index contributed by atoms with van der Waals surface area (Å²) in [4.78, 5) is 0. The third-order valence-electron chi connectivity index (χ3n) is 3.68. The van der Waals surface area contributed by atoms with Gasteiger partial charge in [0.2, 0.25) is 0 Å². The molecular weight excluding hydrogens is 286 g/mol. The van der Waals surface area contributed by atoms with Crippen LogP contribution in [-0.2, 0) is 22.8 Å². The van der Waals surface area contributed by atoms with E-state index >= 15 is 0 Å². The molecule has 1 rings (SSSR count). The average molecular weight is 315 g/mol. The highest BCUT2D eigenvalue weighted by Crippen LogP contribution is 2.17. The molecule has 1 N–H and O–H groups in total. The molecule has 0 saturated heterocycles. The molecule has 5 nitrogen and oxygen atoms in total. The van der Waals surface area contributed by atoms with Crippen molar-refractivity contribution in [2.45, 2.75) is 47.1 Å². The predicted molar refractivity (Wildman–Crippen MR) is 87.4 cm³/mol. The first-order valence-electron chi connectivity index (χ1n) is 7.66. The van der Waals surface area contributed by atoms with E-state index in [0.717, 1.165) is 37.3 Å². The Morgan fingerprint density at radius 2 is 2.00 bits per heavy atom. The molecule has 0 aliphatic rings. The first kappa shape index (κ1) is 18.2. The number of nitrogens with one attached hydrogen (secondary N) is 1. The van der Waals surface area contributed by atoms with Crippen LogP contribution < -0.4 is 5.32 Å². The van der Waals surface area contributed by atoms with Gasteiger partial charge in [0.25, 0.3) is 0 Å². The molecule has 1 aromatic heterocycles. The van der Waals surface area contributed by atoms with E-state index in [-0.39, 0.29) is 5.75 Å². The van der Waals surface area contributed by atoms with E-state index in [0.29, 0.717) is 12.5 Å². The summed E-state index contributed by atoms with van der Waals surface area (Å²) >= 11 is 0. The molecule has 1 atom stereocenters. The number of hydrogen-bond donors (Lipinski definition) is 1. The van der Waals surface area contributed by atoms with Gasteiger partial charge in [-0.05, 0) is 51.3 Å². The van der Waals surface area contributed by atoms with Gasteiger partial charge in [0, 0.05) is 11.9 Å². The summed E-state index contributed by atoms with van der Waals surface area (Å²) in [5, 5.41) is 7.93. The quantitative estimate of drug-likeness (QED) is 0.705. The lowest BCUT2D eigenvalue weighted by Crippen LogP contribution is -2.23. The van der Waals surface area contributed by atoms with Crippen LogP contribution in [0.5, 0.6) is 0 Å². The Morgan fingerprint density at radius 3 is 2.57 bits per heavy atom. The number of hydrogen-bond acceptors (Lipinski definition) is 4. The number of nitrogens with zero attached hydrogens (tertiary/aromatic N) is 2. The van der Waals surface area contributed by atoms with Crippen molar-refractivity contribution < 1.29 is 8.42 Å². The highest BCUT2D eigenvalue weighted by molar-refractivity contribution is 7.90. The second-order valence-corrected chi connectivity index (χ2v) is 8.28. The van der Waals surface area contributed by atoms with Crippen LogP contribution in [0.1, 0.15) is 37.2 Å². The maximum absolute atomic E-state index is 11.3. The molecule has 21 heavy (non-hydrogen) atoms. The molecule has 0 aliphatic carbocycles. The van der Waals surface area contributed by atoms with E-state index in [2.05, 4.69) is 24.3 Å². The van der Waals surface area contributed by atoms with Crippen LogP contribution in [0.25, 0.3) is 0 Å². The van der Waals surface area contributed by atoms with E-state index in [1.54, 1.807) is 0 Å². The van der Waals surface area contributed by atoms with Crippen molar-refractivity contribution >= 4 is 9.84 Å². The smallest absolute Gasteiger partial charge is 0.149 e. The SMILES string of the molecule is CCCNCC(C)Cc1c(C)nn(CCS(C)(=O)=O)c1C. The lowest BCUT2D eigenvalue weighted by Gasteiger charge is -2.13. The van der Waals surface area contributed by atoms with Gasteiger partial charge in [-0.25, -0.2) is 8.42 Å². The molecule has 6 heteroatoms. The molecule has 0 aromatic carbocycles. The molecule has 122 valence electrons. The van der Waals surface area contributed by atoms with Crippen LogP contribution in [0, 0.1) is 19.8 Å². The second kappa shape index (κ2) is 7.94. The molecule has 1 heterocycles. The maximum Gasteiger partial charge on any atom is 0.149 e. The van der Waals surface area contributed by atoms with Crippen molar-refractivity contribution in [1.29, 1.82) is 0 Å². The summed E-state index contributed by atoms with van der Waals surface area (Å²) in [5.41, 5.74) is 3.37. The van der Waals surface area contributed by atoms with E-state index in [1.807, 2.05) is 18.5 Å². The summed E-state index contributed by atoms with van der Waals surface area (Å²) in [6.07, 6.45) is 3.39. The normalized spacial score (nSPS) is 13.6. The van der Waals surface area contributed by atoms with Crippen LogP contribution in [0.15, 0.2) is 0 Å². The molecule has 0 bridgehead atoms. The maximum atomic E-state index is 11.3. The number of sulfone groups is 1. The monoisotopic (exact) mass is 315 g/mol. The fraction of sp³-hybridized carbons (Fsp3) is 0.800. The van der Waals surface area contributed by atoms with Gasteiger partial charge >= 0.3 is 0 Å². The zero-order valence-corrected chi connectivity index (χ0v) is 14.8. The summed E-state index contributed by atoms with van der Waals surface area (Å²) < 4.78 is 24.4. The highest BCUT2D eigenvalue weighted by Gasteiger charge is 2.15. The molecule has 0 amide bonds. The molecule has 0 spiro atoms. The first-order valence-corrected chi connectivity index (χ1v) is 9.72. The Bertz CT molecular complexity index is 550. The van der Waals surface area contributed by atoms with Gasteiger partial charge < -0.3 is 5.32 Å². The zero-order chi connectivity index (χ0) is 16.0. The molecule has 0 saturated carbocycles. The standard InChI is InChI=1S/C15H29N3O2S/c1-6-7-16-11-12(2)10-15-13(3)17-18(14(15)4)8-9-21(5,19)20/h12,16H,6-11H2,1-5H3. The van der Waals surface area contributed by atoms with Crippen molar-refractivity contribution in [3.05, 3.63) is 17.0 Å². The fourth-order valence-corrected chi connectivity index (χ4v) is 2.95. The second-order valence-electron chi connectivity index (χ2n) is 6.02. The summed E-state index contributed by atoms with van der Waals surface area (Å²) in [6, 6.07) is 0. The molecule has 1 unspecified atom stereocenters. The summed E-state index contributed by atoms with van der Waals surface area (Å²) in [7, 11) is -2.95. The Hall–Kier alpha value is -0.880. The third-order valence-corrected chi connectivity index (χ3v) is 4.60. The van der Waals surface area contributed by atoms with Crippen molar-refractivity contribution in [1.82, 2.24) is 15.1 Å². The Kier molecular flexibility index (Phi) is 6.87. The van der Waals surface area contributed by atoms with E-state index < -0.39 is 9.84 Å². The van der Waals surface area contributed by atoms with Gasteiger partial charge in [0.1, 0.15) is 9.84 Å². The van der Waals surface area contributed by atoms with Crippen LogP contribution in [0.2, 0.25) is 0 Å².